The number of benzene rings is 1. The highest BCUT2D eigenvalue weighted by molar-refractivity contribution is 5.78. The predicted molar refractivity (Wildman–Crippen MR) is 85.2 cm³/mol. The molecule has 0 radical (unpaired) electrons. The first-order chi connectivity index (χ1) is 10.8. The largest absolute Gasteiger partial charge is 0.497 e. The number of hydrogen-bond acceptors (Lipinski definition) is 3. The van der Waals surface area contributed by atoms with E-state index in [0.717, 1.165) is 44.6 Å². The average Bonchev–Trinajstić information content (AvgIpc) is 2.59. The fraction of sp³-hybridized carbons (Fsp3) is 0.611. The van der Waals surface area contributed by atoms with Gasteiger partial charge in [-0.1, -0.05) is 6.07 Å². The molecule has 1 amide bonds. The molecule has 1 aromatic carbocycles. The van der Waals surface area contributed by atoms with Crippen molar-refractivity contribution in [3.8, 4) is 5.75 Å². The standard InChI is InChI=1S/C18H25NO3/c1-21-16-7-8-17-13(10-16)4-2-5-14(17)11-19-18(20)15-6-3-9-22-12-15/h7-8,10,14-15H,2-6,9,11-12H2,1H3,(H,19,20)/t14-,15+/m1/s1. The summed E-state index contributed by atoms with van der Waals surface area (Å²) in [5.41, 5.74) is 2.73. The Bertz CT molecular complexity index is 523. The van der Waals surface area contributed by atoms with Crippen LogP contribution in [0.4, 0.5) is 0 Å². The van der Waals surface area contributed by atoms with Gasteiger partial charge in [0.1, 0.15) is 5.75 Å². The summed E-state index contributed by atoms with van der Waals surface area (Å²) in [4.78, 5) is 12.2. The van der Waals surface area contributed by atoms with E-state index < -0.39 is 0 Å². The van der Waals surface area contributed by atoms with Crippen molar-refractivity contribution in [1.82, 2.24) is 5.32 Å². The van der Waals surface area contributed by atoms with E-state index in [2.05, 4.69) is 17.4 Å². The molecular formula is C18H25NO3. The van der Waals surface area contributed by atoms with Crippen LogP contribution in [0, 0.1) is 5.92 Å². The zero-order valence-corrected chi connectivity index (χ0v) is 13.3. The maximum Gasteiger partial charge on any atom is 0.225 e. The number of nitrogens with one attached hydrogen (secondary N) is 1. The normalized spacial score (nSPS) is 24.4. The van der Waals surface area contributed by atoms with E-state index in [1.165, 1.54) is 17.5 Å². The number of aryl methyl sites for hydroxylation is 1. The van der Waals surface area contributed by atoms with Crippen LogP contribution < -0.4 is 10.1 Å². The van der Waals surface area contributed by atoms with Gasteiger partial charge in [0, 0.05) is 19.1 Å². The van der Waals surface area contributed by atoms with E-state index in [0.29, 0.717) is 12.5 Å². The second kappa shape index (κ2) is 7.14. The molecule has 1 aliphatic carbocycles. The molecule has 1 saturated heterocycles. The summed E-state index contributed by atoms with van der Waals surface area (Å²) in [7, 11) is 1.70. The number of carbonyl (C=O) groups excluding carboxylic acids is 1. The number of amides is 1. The maximum absolute atomic E-state index is 12.2. The number of hydrogen-bond donors (Lipinski definition) is 1. The van der Waals surface area contributed by atoms with E-state index in [9.17, 15) is 4.79 Å². The summed E-state index contributed by atoms with van der Waals surface area (Å²) < 4.78 is 10.7. The van der Waals surface area contributed by atoms with Crippen molar-refractivity contribution in [1.29, 1.82) is 0 Å². The third-order valence-corrected chi connectivity index (χ3v) is 4.84. The van der Waals surface area contributed by atoms with Crippen LogP contribution in [-0.4, -0.2) is 32.8 Å². The van der Waals surface area contributed by atoms with Gasteiger partial charge in [-0.05, 0) is 55.4 Å². The molecule has 0 bridgehead atoms. The first kappa shape index (κ1) is 15.3. The lowest BCUT2D eigenvalue weighted by atomic mass is 9.82. The molecule has 0 aromatic heterocycles. The second-order valence-corrected chi connectivity index (χ2v) is 6.31. The van der Waals surface area contributed by atoms with Crippen molar-refractivity contribution in [2.24, 2.45) is 5.92 Å². The highest BCUT2D eigenvalue weighted by Gasteiger charge is 2.25. The van der Waals surface area contributed by atoms with Gasteiger partial charge in [0.05, 0.1) is 19.6 Å². The molecule has 2 atom stereocenters. The Morgan fingerprint density at radius 1 is 1.36 bits per heavy atom. The average molecular weight is 303 g/mol. The summed E-state index contributed by atoms with van der Waals surface area (Å²) in [6.45, 7) is 2.10. The Balaban J connectivity index is 1.61. The summed E-state index contributed by atoms with van der Waals surface area (Å²) in [5.74, 6) is 1.53. The summed E-state index contributed by atoms with van der Waals surface area (Å²) >= 11 is 0. The number of rotatable bonds is 4. The topological polar surface area (TPSA) is 47.6 Å². The number of methoxy groups -OCH3 is 1. The lowest BCUT2D eigenvalue weighted by Gasteiger charge is -2.27. The van der Waals surface area contributed by atoms with Crippen LogP contribution in [0.15, 0.2) is 18.2 Å². The van der Waals surface area contributed by atoms with Crippen molar-refractivity contribution in [3.05, 3.63) is 29.3 Å². The van der Waals surface area contributed by atoms with Crippen LogP contribution in [0.3, 0.4) is 0 Å². The van der Waals surface area contributed by atoms with Gasteiger partial charge < -0.3 is 14.8 Å². The summed E-state index contributed by atoms with van der Waals surface area (Å²) in [5, 5.41) is 3.14. The number of carbonyl (C=O) groups is 1. The predicted octanol–water partition coefficient (Wildman–Crippen LogP) is 2.66. The minimum atomic E-state index is 0.0349. The number of fused-ring (bicyclic) bond motifs is 1. The molecule has 1 aromatic rings. The van der Waals surface area contributed by atoms with Gasteiger partial charge in [0.25, 0.3) is 0 Å². The molecule has 0 saturated carbocycles. The van der Waals surface area contributed by atoms with Crippen LogP contribution >= 0.6 is 0 Å². The van der Waals surface area contributed by atoms with Gasteiger partial charge >= 0.3 is 0 Å². The zero-order valence-electron chi connectivity index (χ0n) is 13.3. The first-order valence-corrected chi connectivity index (χ1v) is 8.30. The monoisotopic (exact) mass is 303 g/mol. The molecule has 1 N–H and O–H groups in total. The summed E-state index contributed by atoms with van der Waals surface area (Å²) in [6, 6.07) is 6.32. The third kappa shape index (κ3) is 3.43. The molecule has 1 aliphatic heterocycles. The molecule has 2 aliphatic rings. The Labute approximate surface area is 132 Å². The molecular weight excluding hydrogens is 278 g/mol. The fourth-order valence-corrected chi connectivity index (χ4v) is 3.55. The Kier molecular flexibility index (Phi) is 4.98. The van der Waals surface area contributed by atoms with Crippen molar-refractivity contribution >= 4 is 5.91 Å². The van der Waals surface area contributed by atoms with Crippen molar-refractivity contribution in [3.63, 3.8) is 0 Å². The van der Waals surface area contributed by atoms with E-state index in [1.54, 1.807) is 7.11 Å². The molecule has 4 nitrogen and oxygen atoms in total. The van der Waals surface area contributed by atoms with Crippen LogP contribution in [0.1, 0.15) is 42.7 Å². The Morgan fingerprint density at radius 2 is 2.27 bits per heavy atom. The van der Waals surface area contributed by atoms with Gasteiger partial charge in [-0.2, -0.15) is 0 Å². The molecule has 22 heavy (non-hydrogen) atoms. The molecule has 0 spiro atoms. The minimum absolute atomic E-state index is 0.0349. The van der Waals surface area contributed by atoms with Gasteiger partial charge in [-0.25, -0.2) is 0 Å². The van der Waals surface area contributed by atoms with E-state index >= 15 is 0 Å². The lowest BCUT2D eigenvalue weighted by Crippen LogP contribution is -2.38. The maximum atomic E-state index is 12.2. The van der Waals surface area contributed by atoms with Crippen LogP contribution in [-0.2, 0) is 16.0 Å². The third-order valence-electron chi connectivity index (χ3n) is 4.84. The lowest BCUT2D eigenvalue weighted by molar-refractivity contribution is -0.129. The Hall–Kier alpha value is -1.55. The van der Waals surface area contributed by atoms with Crippen molar-refractivity contribution < 1.29 is 14.3 Å². The van der Waals surface area contributed by atoms with Crippen molar-refractivity contribution in [2.45, 2.75) is 38.0 Å². The molecule has 1 fully saturated rings. The minimum Gasteiger partial charge on any atom is -0.497 e. The van der Waals surface area contributed by atoms with E-state index in [1.807, 2.05) is 6.07 Å². The van der Waals surface area contributed by atoms with Crippen LogP contribution in [0.2, 0.25) is 0 Å². The molecule has 0 unspecified atom stereocenters. The van der Waals surface area contributed by atoms with Gasteiger partial charge in [0.2, 0.25) is 5.91 Å². The number of ether oxygens (including phenoxy) is 2. The van der Waals surface area contributed by atoms with Gasteiger partial charge in [-0.3, -0.25) is 4.79 Å². The fourth-order valence-electron chi connectivity index (χ4n) is 3.55. The molecule has 3 rings (SSSR count). The van der Waals surface area contributed by atoms with E-state index in [4.69, 9.17) is 9.47 Å². The smallest absolute Gasteiger partial charge is 0.225 e. The quantitative estimate of drug-likeness (QED) is 0.930. The molecule has 4 heteroatoms. The molecule has 120 valence electrons. The van der Waals surface area contributed by atoms with Gasteiger partial charge in [0.15, 0.2) is 0 Å². The highest BCUT2D eigenvalue weighted by Crippen LogP contribution is 2.33. The first-order valence-electron chi connectivity index (χ1n) is 8.30. The Morgan fingerprint density at radius 3 is 3.05 bits per heavy atom. The highest BCUT2D eigenvalue weighted by atomic mass is 16.5. The summed E-state index contributed by atoms with van der Waals surface area (Å²) in [6.07, 6.45) is 5.36. The van der Waals surface area contributed by atoms with Gasteiger partial charge in [-0.15, -0.1) is 0 Å². The van der Waals surface area contributed by atoms with Crippen LogP contribution in [0.25, 0.3) is 0 Å². The zero-order chi connectivity index (χ0) is 15.4. The SMILES string of the molecule is COc1ccc2c(c1)CCC[C@@H]2CNC(=O)[C@H]1CCCOC1. The molecule has 1 heterocycles. The second-order valence-electron chi connectivity index (χ2n) is 6.31. The van der Waals surface area contributed by atoms with E-state index in [-0.39, 0.29) is 11.8 Å². The van der Waals surface area contributed by atoms with Crippen molar-refractivity contribution in [2.75, 3.05) is 26.9 Å². The van der Waals surface area contributed by atoms with Crippen LogP contribution in [0.5, 0.6) is 5.75 Å².